The number of carbonyl (C=O) groups is 2. The Balaban J connectivity index is 3.41. The van der Waals surface area contributed by atoms with Gasteiger partial charge in [-0.3, -0.25) is 9.59 Å². The quantitative estimate of drug-likeness (QED) is 0.0320. The minimum atomic E-state index is -0.845. The molecule has 0 spiro atoms. The summed E-state index contributed by atoms with van der Waals surface area (Å²) in [6.45, 7) is 4.90. The van der Waals surface area contributed by atoms with E-state index in [-0.39, 0.29) is 18.5 Å². The summed E-state index contributed by atoms with van der Waals surface area (Å²) >= 11 is 0. The molecule has 6 nitrogen and oxygen atoms in total. The first kappa shape index (κ1) is 70.1. The van der Waals surface area contributed by atoms with E-state index in [0.717, 1.165) is 51.4 Å². The highest BCUT2D eigenvalue weighted by Gasteiger charge is 2.18. The van der Waals surface area contributed by atoms with Gasteiger partial charge in [0.2, 0.25) is 5.91 Å². The van der Waals surface area contributed by atoms with Crippen LogP contribution in [0.4, 0.5) is 0 Å². The van der Waals surface area contributed by atoms with E-state index >= 15 is 0 Å². The lowest BCUT2D eigenvalue weighted by Crippen LogP contribution is -2.45. The third kappa shape index (κ3) is 57.4. The second kappa shape index (κ2) is 61.6. The number of rotatable bonds is 60. The van der Waals surface area contributed by atoms with Crippen LogP contribution in [0.3, 0.4) is 0 Å². The number of aliphatic hydroxyl groups is 2. The molecule has 0 aromatic heterocycles. The minimum Gasteiger partial charge on any atom is -0.466 e. The number of nitrogens with one attached hydrogen (secondary N) is 1. The van der Waals surface area contributed by atoms with Crippen molar-refractivity contribution in [2.45, 2.75) is 360 Å². The number of aliphatic hydroxyl groups excluding tert-OH is 2. The molecule has 424 valence electrons. The second-order valence-corrected chi connectivity index (χ2v) is 22.1. The predicted octanol–water partition coefficient (Wildman–Crippen LogP) is 20.4. The van der Waals surface area contributed by atoms with Crippen molar-refractivity contribution in [1.29, 1.82) is 0 Å². The van der Waals surface area contributed by atoms with Gasteiger partial charge in [0.05, 0.1) is 25.4 Å². The van der Waals surface area contributed by atoms with Crippen molar-refractivity contribution in [3.8, 4) is 0 Å². The van der Waals surface area contributed by atoms with Gasteiger partial charge >= 0.3 is 5.97 Å². The molecule has 0 aromatic carbocycles. The molecular formula is C66H125NO5. The van der Waals surface area contributed by atoms with Gasteiger partial charge in [-0.1, -0.05) is 307 Å². The Labute approximate surface area is 449 Å². The van der Waals surface area contributed by atoms with Crippen LogP contribution in [0.25, 0.3) is 0 Å². The monoisotopic (exact) mass is 1010 g/mol. The van der Waals surface area contributed by atoms with Crippen LogP contribution in [0.15, 0.2) is 36.5 Å². The first-order valence-electron chi connectivity index (χ1n) is 32.3. The number of ether oxygens (including phenoxy) is 1. The van der Waals surface area contributed by atoms with Gasteiger partial charge in [0.25, 0.3) is 0 Å². The number of amides is 1. The normalized spacial score (nSPS) is 12.8. The molecule has 1 amide bonds. The third-order valence-electron chi connectivity index (χ3n) is 14.9. The summed E-state index contributed by atoms with van der Waals surface area (Å²) in [7, 11) is 0. The molecular weight excluding hydrogens is 887 g/mol. The fourth-order valence-electron chi connectivity index (χ4n) is 9.96. The highest BCUT2D eigenvalue weighted by Crippen LogP contribution is 2.18. The van der Waals surface area contributed by atoms with Gasteiger partial charge < -0.3 is 20.3 Å². The maximum atomic E-state index is 12.5. The highest BCUT2D eigenvalue weighted by molar-refractivity contribution is 5.76. The largest absolute Gasteiger partial charge is 0.466 e. The fourth-order valence-corrected chi connectivity index (χ4v) is 9.96. The number of hydrogen-bond acceptors (Lipinski definition) is 5. The summed E-state index contributed by atoms with van der Waals surface area (Å²) in [6.07, 6.45) is 77.6. The van der Waals surface area contributed by atoms with Crippen LogP contribution >= 0.6 is 0 Å². The molecule has 3 N–H and O–H groups in total. The van der Waals surface area contributed by atoms with Crippen LogP contribution in [0.5, 0.6) is 0 Å². The van der Waals surface area contributed by atoms with Crippen LogP contribution < -0.4 is 5.32 Å². The summed E-state index contributed by atoms with van der Waals surface area (Å²) in [5.41, 5.74) is 0. The second-order valence-electron chi connectivity index (χ2n) is 22.1. The molecule has 0 aliphatic rings. The Morgan fingerprint density at radius 3 is 1.07 bits per heavy atom. The van der Waals surface area contributed by atoms with E-state index in [1.165, 1.54) is 270 Å². The third-order valence-corrected chi connectivity index (χ3v) is 14.9. The van der Waals surface area contributed by atoms with Crippen LogP contribution in [0.2, 0.25) is 0 Å². The maximum Gasteiger partial charge on any atom is 0.305 e. The molecule has 0 saturated carbocycles. The number of carbonyl (C=O) groups excluding carboxylic acids is 2. The van der Waals surface area contributed by atoms with E-state index < -0.39 is 12.1 Å². The van der Waals surface area contributed by atoms with Gasteiger partial charge in [-0.25, -0.2) is 0 Å². The SMILES string of the molecule is CCCCCC/C=C\C/C=C\CCCCCCCC(=O)OCCCCCCCCCCCCCCCCCCCCCCCCC(=O)NC(CO)C(O)/C=C/CCCCCCCCCCCCCCCCC. The number of esters is 1. The molecule has 0 aliphatic heterocycles. The summed E-state index contributed by atoms with van der Waals surface area (Å²) in [5, 5.41) is 23.2. The molecule has 2 atom stereocenters. The maximum absolute atomic E-state index is 12.5. The molecule has 0 radical (unpaired) electrons. The smallest absolute Gasteiger partial charge is 0.305 e. The van der Waals surface area contributed by atoms with E-state index in [9.17, 15) is 19.8 Å². The number of unbranched alkanes of at least 4 members (excludes halogenated alkanes) is 45. The standard InChI is InChI=1S/C66H125NO5/c1-3-5-7-9-11-13-15-17-19-27-30-34-38-42-46-50-54-58-64(69)63(62-68)67-65(70)59-55-51-47-43-39-35-31-28-25-23-21-22-24-26-29-33-37-41-45-49-53-57-61-72-66(71)60-56-52-48-44-40-36-32-20-18-16-14-12-10-8-6-4-2/h14,16,20,32,54,58,63-64,68-69H,3-13,15,17-19,21-31,33-53,55-57,59-62H2,1-2H3,(H,67,70)/b16-14-,32-20-,58-54+. The van der Waals surface area contributed by atoms with Gasteiger partial charge in [0.1, 0.15) is 0 Å². The molecule has 0 rings (SSSR count). The van der Waals surface area contributed by atoms with Crippen molar-refractivity contribution >= 4 is 11.9 Å². The lowest BCUT2D eigenvalue weighted by Gasteiger charge is -2.20. The molecule has 0 heterocycles. The first-order valence-corrected chi connectivity index (χ1v) is 32.3. The molecule has 6 heteroatoms. The van der Waals surface area contributed by atoms with E-state index in [1.807, 2.05) is 6.08 Å². The zero-order valence-corrected chi connectivity index (χ0v) is 48.4. The van der Waals surface area contributed by atoms with E-state index in [4.69, 9.17) is 4.74 Å². The van der Waals surface area contributed by atoms with Crippen LogP contribution in [0.1, 0.15) is 348 Å². The van der Waals surface area contributed by atoms with E-state index in [0.29, 0.717) is 19.4 Å². The average molecular weight is 1010 g/mol. The summed E-state index contributed by atoms with van der Waals surface area (Å²) < 4.78 is 5.48. The molecule has 72 heavy (non-hydrogen) atoms. The Morgan fingerprint density at radius 1 is 0.389 bits per heavy atom. The Morgan fingerprint density at radius 2 is 0.694 bits per heavy atom. The zero-order chi connectivity index (χ0) is 52.2. The topological polar surface area (TPSA) is 95.9 Å². The molecule has 2 unspecified atom stereocenters. The van der Waals surface area contributed by atoms with Crippen LogP contribution in [0, 0.1) is 0 Å². The van der Waals surface area contributed by atoms with Gasteiger partial charge in [0, 0.05) is 12.8 Å². The number of allylic oxidation sites excluding steroid dienone is 5. The lowest BCUT2D eigenvalue weighted by molar-refractivity contribution is -0.143. The van der Waals surface area contributed by atoms with Crippen molar-refractivity contribution in [1.82, 2.24) is 5.32 Å². The van der Waals surface area contributed by atoms with Crippen LogP contribution in [-0.4, -0.2) is 47.4 Å². The van der Waals surface area contributed by atoms with Gasteiger partial charge in [-0.05, 0) is 64.2 Å². The van der Waals surface area contributed by atoms with Crippen molar-refractivity contribution in [3.05, 3.63) is 36.5 Å². The molecule has 0 aliphatic carbocycles. The first-order chi connectivity index (χ1) is 35.5. The molecule has 0 bridgehead atoms. The summed E-state index contributed by atoms with van der Waals surface area (Å²) in [6, 6.07) is -0.629. The van der Waals surface area contributed by atoms with Crippen molar-refractivity contribution < 1.29 is 24.5 Å². The van der Waals surface area contributed by atoms with Gasteiger partial charge in [-0.15, -0.1) is 0 Å². The van der Waals surface area contributed by atoms with Crippen molar-refractivity contribution in [2.24, 2.45) is 0 Å². The molecule has 0 saturated heterocycles. The van der Waals surface area contributed by atoms with E-state index in [1.54, 1.807) is 6.08 Å². The van der Waals surface area contributed by atoms with E-state index in [2.05, 4.69) is 43.5 Å². The zero-order valence-electron chi connectivity index (χ0n) is 48.4. The van der Waals surface area contributed by atoms with Crippen molar-refractivity contribution in [2.75, 3.05) is 13.2 Å². The fraction of sp³-hybridized carbons (Fsp3) is 0.879. The van der Waals surface area contributed by atoms with Crippen molar-refractivity contribution in [3.63, 3.8) is 0 Å². The summed E-state index contributed by atoms with van der Waals surface area (Å²) in [5.74, 6) is -0.0669. The summed E-state index contributed by atoms with van der Waals surface area (Å²) in [4.78, 5) is 24.6. The Kier molecular flexibility index (Phi) is 60.0. The van der Waals surface area contributed by atoms with Gasteiger partial charge in [-0.2, -0.15) is 0 Å². The lowest BCUT2D eigenvalue weighted by atomic mass is 10.0. The predicted molar refractivity (Wildman–Crippen MR) is 315 cm³/mol. The Hall–Kier alpha value is -1.92. The highest BCUT2D eigenvalue weighted by atomic mass is 16.5. The average Bonchev–Trinajstić information content (AvgIpc) is 3.38. The van der Waals surface area contributed by atoms with Gasteiger partial charge in [0.15, 0.2) is 0 Å². The Bertz CT molecular complexity index is 1170. The van der Waals surface area contributed by atoms with Crippen LogP contribution in [-0.2, 0) is 14.3 Å². The molecule has 0 fully saturated rings. The molecule has 0 aromatic rings. The minimum absolute atomic E-state index is 0.000563. The number of hydrogen-bond donors (Lipinski definition) is 3.